The molecular formula is C16H13NO3. The molecule has 4 heteroatoms. The Morgan fingerprint density at radius 2 is 2.20 bits per heavy atom. The number of pyridine rings is 1. The van der Waals surface area contributed by atoms with Crippen molar-refractivity contribution in [2.75, 3.05) is 13.7 Å². The highest BCUT2D eigenvalue weighted by Crippen LogP contribution is 2.30. The first-order chi connectivity index (χ1) is 9.78. The quantitative estimate of drug-likeness (QED) is 0.785. The summed E-state index contributed by atoms with van der Waals surface area (Å²) in [5.41, 5.74) is 1.85. The van der Waals surface area contributed by atoms with Gasteiger partial charge in [0.25, 0.3) is 0 Å². The van der Waals surface area contributed by atoms with E-state index in [0.29, 0.717) is 22.6 Å². The summed E-state index contributed by atoms with van der Waals surface area (Å²) >= 11 is 0. The molecule has 1 aromatic heterocycles. The summed E-state index contributed by atoms with van der Waals surface area (Å²) in [6.07, 6.45) is 3.45. The summed E-state index contributed by atoms with van der Waals surface area (Å²) in [6.45, 7) is 0.259. The van der Waals surface area contributed by atoms with E-state index in [1.165, 1.54) is 0 Å². The summed E-state index contributed by atoms with van der Waals surface area (Å²) in [4.78, 5) is 16.6. The average Bonchev–Trinajstić information content (AvgIpc) is 2.51. The molecule has 0 N–H and O–H groups in total. The third-order valence-corrected chi connectivity index (χ3v) is 3.12. The Bertz CT molecular complexity index is 677. The molecule has 0 fully saturated rings. The van der Waals surface area contributed by atoms with E-state index in [4.69, 9.17) is 9.47 Å². The Morgan fingerprint density at radius 1 is 1.30 bits per heavy atom. The first kappa shape index (κ1) is 12.4. The van der Waals surface area contributed by atoms with Crippen LogP contribution in [0.4, 0.5) is 0 Å². The fourth-order valence-corrected chi connectivity index (χ4v) is 2.08. The number of benzene rings is 1. The minimum atomic E-state index is -0.0456. The van der Waals surface area contributed by atoms with Gasteiger partial charge in [-0.05, 0) is 36.4 Å². The number of hydrogen-bond donors (Lipinski definition) is 0. The third-order valence-electron chi connectivity index (χ3n) is 3.12. The molecule has 2 aromatic rings. The van der Waals surface area contributed by atoms with Crippen LogP contribution in [0.25, 0.3) is 6.08 Å². The van der Waals surface area contributed by atoms with E-state index in [1.54, 1.807) is 37.6 Å². The lowest BCUT2D eigenvalue weighted by molar-refractivity contribution is 0.100. The molecule has 0 unspecified atom stereocenters. The van der Waals surface area contributed by atoms with Gasteiger partial charge in [-0.15, -0.1) is 0 Å². The molecule has 2 heterocycles. The number of carbonyl (C=O) groups is 1. The van der Waals surface area contributed by atoms with Crippen LogP contribution in [0, 0.1) is 0 Å². The maximum absolute atomic E-state index is 12.5. The summed E-state index contributed by atoms with van der Waals surface area (Å²) < 4.78 is 10.7. The predicted octanol–water partition coefficient (Wildman–Crippen LogP) is 2.75. The number of methoxy groups -OCH3 is 1. The zero-order valence-corrected chi connectivity index (χ0v) is 11.0. The molecule has 100 valence electrons. The highest BCUT2D eigenvalue weighted by molar-refractivity contribution is 6.14. The highest BCUT2D eigenvalue weighted by atomic mass is 16.5. The lowest BCUT2D eigenvalue weighted by Crippen LogP contribution is -2.19. The number of ketones is 1. The Balaban J connectivity index is 1.98. The van der Waals surface area contributed by atoms with Crippen LogP contribution in [0.3, 0.4) is 0 Å². The molecule has 0 atom stereocenters. The summed E-state index contributed by atoms with van der Waals surface area (Å²) in [7, 11) is 1.57. The third kappa shape index (κ3) is 2.28. The van der Waals surface area contributed by atoms with Crippen molar-refractivity contribution >= 4 is 11.9 Å². The second-order valence-corrected chi connectivity index (χ2v) is 4.40. The highest BCUT2D eigenvalue weighted by Gasteiger charge is 2.23. The molecule has 0 saturated heterocycles. The molecule has 0 aliphatic carbocycles. The molecule has 0 spiro atoms. The summed E-state index contributed by atoms with van der Waals surface area (Å²) in [5.74, 6) is 1.18. The van der Waals surface area contributed by atoms with Crippen molar-refractivity contribution in [3.8, 4) is 11.5 Å². The van der Waals surface area contributed by atoms with Crippen LogP contribution in [0.15, 0.2) is 48.2 Å². The molecule has 3 rings (SSSR count). The number of carbonyl (C=O) groups excluding carboxylic acids is 1. The van der Waals surface area contributed by atoms with Gasteiger partial charge in [0.2, 0.25) is 0 Å². The van der Waals surface area contributed by atoms with E-state index < -0.39 is 0 Å². The van der Waals surface area contributed by atoms with Crippen molar-refractivity contribution in [3.05, 3.63) is 59.4 Å². The van der Waals surface area contributed by atoms with Crippen molar-refractivity contribution < 1.29 is 14.3 Å². The van der Waals surface area contributed by atoms with Gasteiger partial charge in [0, 0.05) is 11.8 Å². The topological polar surface area (TPSA) is 48.4 Å². The van der Waals surface area contributed by atoms with Crippen molar-refractivity contribution in [2.45, 2.75) is 0 Å². The van der Waals surface area contributed by atoms with Gasteiger partial charge in [-0.2, -0.15) is 0 Å². The van der Waals surface area contributed by atoms with Crippen molar-refractivity contribution in [2.24, 2.45) is 0 Å². The maximum atomic E-state index is 12.5. The number of rotatable bonds is 2. The first-order valence-corrected chi connectivity index (χ1v) is 6.25. The number of Topliss-reactive ketones (excluding diaryl/α,β-unsaturated/α-hetero) is 1. The van der Waals surface area contributed by atoms with Crippen LogP contribution < -0.4 is 9.47 Å². The van der Waals surface area contributed by atoms with Gasteiger partial charge in [0.1, 0.15) is 18.1 Å². The molecule has 1 aliphatic heterocycles. The number of ether oxygens (including phenoxy) is 2. The standard InChI is InChI=1S/C16H13NO3/c1-19-13-5-6-15-14(9-13)16(18)11(10-20-15)8-12-4-2-3-7-17-12/h2-9H,10H2,1H3. The monoisotopic (exact) mass is 267 g/mol. The number of hydrogen-bond acceptors (Lipinski definition) is 4. The fourth-order valence-electron chi connectivity index (χ4n) is 2.08. The molecular weight excluding hydrogens is 254 g/mol. The van der Waals surface area contributed by atoms with E-state index in [1.807, 2.05) is 18.2 Å². The molecule has 0 saturated carbocycles. The Kier molecular flexibility index (Phi) is 3.21. The normalized spacial score (nSPS) is 15.7. The van der Waals surface area contributed by atoms with Gasteiger partial charge in [-0.1, -0.05) is 6.07 Å². The van der Waals surface area contributed by atoms with Crippen LogP contribution in [-0.4, -0.2) is 24.5 Å². The predicted molar refractivity (Wildman–Crippen MR) is 75.0 cm³/mol. The SMILES string of the molecule is COc1ccc2c(c1)C(=O)C(=Cc1ccccn1)CO2. The van der Waals surface area contributed by atoms with Gasteiger partial charge in [0.15, 0.2) is 5.78 Å². The van der Waals surface area contributed by atoms with Gasteiger partial charge in [0.05, 0.1) is 18.4 Å². The fraction of sp³-hybridized carbons (Fsp3) is 0.125. The van der Waals surface area contributed by atoms with E-state index in [-0.39, 0.29) is 12.4 Å². The molecule has 0 bridgehead atoms. The summed E-state index contributed by atoms with van der Waals surface area (Å²) in [5, 5.41) is 0. The number of fused-ring (bicyclic) bond motifs is 1. The van der Waals surface area contributed by atoms with E-state index in [2.05, 4.69) is 4.98 Å². The first-order valence-electron chi connectivity index (χ1n) is 6.25. The van der Waals surface area contributed by atoms with Crippen molar-refractivity contribution in [1.29, 1.82) is 0 Å². The lowest BCUT2D eigenvalue weighted by Gasteiger charge is -2.19. The molecule has 1 aromatic carbocycles. The number of nitrogens with zero attached hydrogens (tertiary/aromatic N) is 1. The van der Waals surface area contributed by atoms with Crippen molar-refractivity contribution in [3.63, 3.8) is 0 Å². The zero-order chi connectivity index (χ0) is 13.9. The molecule has 20 heavy (non-hydrogen) atoms. The van der Waals surface area contributed by atoms with Gasteiger partial charge >= 0.3 is 0 Å². The van der Waals surface area contributed by atoms with Crippen LogP contribution in [-0.2, 0) is 0 Å². The summed E-state index contributed by atoms with van der Waals surface area (Å²) in [6, 6.07) is 10.8. The largest absolute Gasteiger partial charge is 0.497 e. The van der Waals surface area contributed by atoms with Gasteiger partial charge in [-0.3, -0.25) is 9.78 Å². The average molecular weight is 267 g/mol. The minimum Gasteiger partial charge on any atom is -0.497 e. The smallest absolute Gasteiger partial charge is 0.196 e. The maximum Gasteiger partial charge on any atom is 0.196 e. The van der Waals surface area contributed by atoms with Crippen LogP contribution in [0.5, 0.6) is 11.5 Å². The molecule has 0 amide bonds. The second-order valence-electron chi connectivity index (χ2n) is 4.40. The Hall–Kier alpha value is -2.62. The second kappa shape index (κ2) is 5.17. The van der Waals surface area contributed by atoms with E-state index >= 15 is 0 Å². The van der Waals surface area contributed by atoms with E-state index in [9.17, 15) is 4.79 Å². The molecule has 1 aliphatic rings. The zero-order valence-electron chi connectivity index (χ0n) is 11.0. The lowest BCUT2D eigenvalue weighted by atomic mass is 9.99. The number of aromatic nitrogens is 1. The van der Waals surface area contributed by atoms with Gasteiger partial charge < -0.3 is 9.47 Å². The van der Waals surface area contributed by atoms with E-state index in [0.717, 1.165) is 5.69 Å². The van der Waals surface area contributed by atoms with Crippen LogP contribution >= 0.6 is 0 Å². The van der Waals surface area contributed by atoms with Crippen LogP contribution in [0.1, 0.15) is 16.1 Å². The Morgan fingerprint density at radius 3 is 2.95 bits per heavy atom. The van der Waals surface area contributed by atoms with Crippen LogP contribution in [0.2, 0.25) is 0 Å². The Labute approximate surface area is 116 Å². The van der Waals surface area contributed by atoms with Gasteiger partial charge in [-0.25, -0.2) is 0 Å². The molecule has 0 radical (unpaired) electrons. The molecule has 4 nitrogen and oxygen atoms in total. The minimum absolute atomic E-state index is 0.0456. The van der Waals surface area contributed by atoms with Crippen molar-refractivity contribution in [1.82, 2.24) is 4.98 Å².